The summed E-state index contributed by atoms with van der Waals surface area (Å²) in [7, 11) is 0. The zero-order valence-electron chi connectivity index (χ0n) is 15.7. The molecule has 25 heavy (non-hydrogen) atoms. The molecule has 1 atom stereocenters. The molecule has 3 rings (SSSR count). The second-order valence-electron chi connectivity index (χ2n) is 7.94. The molecule has 1 unspecified atom stereocenters. The third-order valence-electron chi connectivity index (χ3n) is 6.29. The Kier molecular flexibility index (Phi) is 6.31. The molecule has 2 fully saturated rings. The van der Waals surface area contributed by atoms with E-state index in [1.165, 1.54) is 50.9 Å². The Morgan fingerprint density at radius 3 is 2.52 bits per heavy atom. The van der Waals surface area contributed by atoms with Crippen LogP contribution in [-0.4, -0.2) is 60.0 Å². The molecule has 2 aliphatic heterocycles. The maximum absolute atomic E-state index is 11.5. The number of carbonyl (C=O) groups is 1. The van der Waals surface area contributed by atoms with Crippen molar-refractivity contribution >= 4 is 17.1 Å². The minimum Gasteiger partial charge on any atom is -0.396 e. The molecule has 0 amide bonds. The van der Waals surface area contributed by atoms with Crippen molar-refractivity contribution in [3.8, 4) is 0 Å². The van der Waals surface area contributed by atoms with Crippen LogP contribution in [0, 0.1) is 11.3 Å². The summed E-state index contributed by atoms with van der Waals surface area (Å²) in [5, 5.41) is 12.2. The molecule has 3 heterocycles. The Morgan fingerprint density at radius 1 is 1.28 bits per heavy atom. The van der Waals surface area contributed by atoms with Gasteiger partial charge in [-0.3, -0.25) is 9.69 Å². The number of aliphatic hydroxyl groups is 1. The SMILES string of the molecule is CCCN1CCC2(CC1)CCN(Cc1csc(C(C)=O)c1)CC2CO. The fraction of sp³-hybridized carbons (Fsp3) is 0.750. The van der Waals surface area contributed by atoms with Crippen molar-refractivity contribution in [2.75, 3.05) is 39.3 Å². The lowest BCUT2D eigenvalue weighted by molar-refractivity contribution is -0.0436. The molecule has 1 spiro atoms. The summed E-state index contributed by atoms with van der Waals surface area (Å²) in [5.41, 5.74) is 1.58. The van der Waals surface area contributed by atoms with Crippen molar-refractivity contribution in [2.24, 2.45) is 11.3 Å². The highest BCUT2D eigenvalue weighted by Gasteiger charge is 2.44. The van der Waals surface area contributed by atoms with Gasteiger partial charge in [-0.15, -0.1) is 11.3 Å². The number of piperidine rings is 2. The Balaban J connectivity index is 1.59. The molecule has 5 heteroatoms. The van der Waals surface area contributed by atoms with Crippen LogP contribution in [-0.2, 0) is 6.54 Å². The van der Waals surface area contributed by atoms with Gasteiger partial charge in [-0.1, -0.05) is 6.92 Å². The largest absolute Gasteiger partial charge is 0.396 e. The molecular weight excluding hydrogens is 332 g/mol. The van der Waals surface area contributed by atoms with Gasteiger partial charge in [0, 0.05) is 25.6 Å². The standard InChI is InChI=1S/C20H32N2O2S/c1-3-7-21-8-4-20(5-9-21)6-10-22(13-18(20)14-23)12-17-11-19(16(2)24)25-15-17/h11,15,18,23H,3-10,12-14H2,1-2H3. The first-order valence-electron chi connectivity index (χ1n) is 9.70. The van der Waals surface area contributed by atoms with Crippen molar-refractivity contribution in [3.05, 3.63) is 21.9 Å². The van der Waals surface area contributed by atoms with Gasteiger partial charge in [0.05, 0.1) is 4.88 Å². The predicted octanol–water partition coefficient (Wildman–Crippen LogP) is 3.26. The van der Waals surface area contributed by atoms with E-state index in [1.54, 1.807) is 18.3 Å². The number of hydrogen-bond acceptors (Lipinski definition) is 5. The van der Waals surface area contributed by atoms with E-state index in [2.05, 4.69) is 22.1 Å². The van der Waals surface area contributed by atoms with Gasteiger partial charge in [0.15, 0.2) is 5.78 Å². The van der Waals surface area contributed by atoms with E-state index in [9.17, 15) is 9.90 Å². The molecule has 0 aliphatic carbocycles. The number of aliphatic hydroxyl groups excluding tert-OH is 1. The van der Waals surface area contributed by atoms with Crippen LogP contribution in [0.1, 0.15) is 54.8 Å². The van der Waals surface area contributed by atoms with Crippen LogP contribution in [0.4, 0.5) is 0 Å². The molecule has 4 nitrogen and oxygen atoms in total. The molecule has 0 saturated carbocycles. The topological polar surface area (TPSA) is 43.8 Å². The van der Waals surface area contributed by atoms with Gasteiger partial charge < -0.3 is 10.0 Å². The number of likely N-dealkylation sites (tertiary alicyclic amines) is 2. The molecule has 1 N–H and O–H groups in total. The molecule has 1 aromatic heterocycles. The minimum absolute atomic E-state index is 0.154. The maximum atomic E-state index is 11.5. The lowest BCUT2D eigenvalue weighted by Crippen LogP contribution is -2.53. The van der Waals surface area contributed by atoms with Crippen LogP contribution >= 0.6 is 11.3 Å². The highest BCUT2D eigenvalue weighted by Crippen LogP contribution is 2.45. The summed E-state index contributed by atoms with van der Waals surface area (Å²) in [4.78, 5) is 17.4. The summed E-state index contributed by atoms with van der Waals surface area (Å²) in [6.45, 7) is 10.8. The Hall–Kier alpha value is -0.750. The van der Waals surface area contributed by atoms with E-state index in [-0.39, 0.29) is 5.78 Å². The highest BCUT2D eigenvalue weighted by atomic mass is 32.1. The van der Waals surface area contributed by atoms with E-state index in [0.29, 0.717) is 17.9 Å². The van der Waals surface area contributed by atoms with Crippen LogP contribution < -0.4 is 0 Å². The predicted molar refractivity (Wildman–Crippen MR) is 103 cm³/mol. The van der Waals surface area contributed by atoms with Crippen LogP contribution in [0.15, 0.2) is 11.4 Å². The quantitative estimate of drug-likeness (QED) is 0.787. The van der Waals surface area contributed by atoms with Gasteiger partial charge in [-0.2, -0.15) is 0 Å². The molecule has 0 aromatic carbocycles. The normalized spacial score (nSPS) is 24.7. The van der Waals surface area contributed by atoms with E-state index in [0.717, 1.165) is 24.5 Å². The summed E-state index contributed by atoms with van der Waals surface area (Å²) >= 11 is 1.55. The molecule has 140 valence electrons. The van der Waals surface area contributed by atoms with Crippen LogP contribution in [0.25, 0.3) is 0 Å². The minimum atomic E-state index is 0.154. The van der Waals surface area contributed by atoms with Crippen molar-refractivity contribution in [3.63, 3.8) is 0 Å². The summed E-state index contributed by atoms with van der Waals surface area (Å²) in [5.74, 6) is 0.539. The van der Waals surface area contributed by atoms with Gasteiger partial charge >= 0.3 is 0 Å². The van der Waals surface area contributed by atoms with Crippen molar-refractivity contribution in [1.82, 2.24) is 9.80 Å². The number of ketones is 1. The number of carbonyl (C=O) groups excluding carboxylic acids is 1. The van der Waals surface area contributed by atoms with Crippen LogP contribution in [0.5, 0.6) is 0 Å². The van der Waals surface area contributed by atoms with E-state index in [4.69, 9.17) is 0 Å². The van der Waals surface area contributed by atoms with E-state index in [1.807, 2.05) is 6.07 Å². The monoisotopic (exact) mass is 364 g/mol. The second-order valence-corrected chi connectivity index (χ2v) is 8.86. The molecular formula is C20H32N2O2S. The zero-order chi connectivity index (χ0) is 17.9. The average molecular weight is 365 g/mol. The number of Topliss-reactive ketones (excluding diaryl/α,β-unsaturated/α-hetero) is 1. The van der Waals surface area contributed by atoms with Crippen molar-refractivity contribution in [2.45, 2.75) is 46.1 Å². The number of hydrogen-bond donors (Lipinski definition) is 1. The van der Waals surface area contributed by atoms with Gasteiger partial charge in [0.25, 0.3) is 0 Å². The van der Waals surface area contributed by atoms with Gasteiger partial charge in [-0.05, 0) is 81.2 Å². The molecule has 2 aliphatic rings. The van der Waals surface area contributed by atoms with E-state index < -0.39 is 0 Å². The molecule has 2 saturated heterocycles. The smallest absolute Gasteiger partial charge is 0.169 e. The highest BCUT2D eigenvalue weighted by molar-refractivity contribution is 7.12. The number of nitrogens with zero attached hydrogens (tertiary/aromatic N) is 2. The number of thiophene rings is 1. The summed E-state index contributed by atoms with van der Waals surface area (Å²) < 4.78 is 0. The van der Waals surface area contributed by atoms with Crippen LogP contribution in [0.3, 0.4) is 0 Å². The van der Waals surface area contributed by atoms with E-state index >= 15 is 0 Å². The Morgan fingerprint density at radius 2 is 1.96 bits per heavy atom. The molecule has 1 aromatic rings. The Labute approximate surface area is 155 Å². The fourth-order valence-corrected chi connectivity index (χ4v) is 5.48. The maximum Gasteiger partial charge on any atom is 0.169 e. The second kappa shape index (κ2) is 8.30. The van der Waals surface area contributed by atoms with Crippen LogP contribution in [0.2, 0.25) is 0 Å². The third kappa shape index (κ3) is 4.33. The third-order valence-corrected chi connectivity index (χ3v) is 7.37. The average Bonchev–Trinajstić information content (AvgIpc) is 3.08. The first kappa shape index (κ1) is 19.0. The van der Waals surface area contributed by atoms with Gasteiger partial charge in [0.1, 0.15) is 0 Å². The first-order chi connectivity index (χ1) is 12.1. The van der Waals surface area contributed by atoms with Gasteiger partial charge in [-0.25, -0.2) is 0 Å². The summed E-state index contributed by atoms with van der Waals surface area (Å²) in [6, 6.07) is 2.04. The lowest BCUT2D eigenvalue weighted by atomic mass is 9.64. The van der Waals surface area contributed by atoms with Crippen molar-refractivity contribution < 1.29 is 9.90 Å². The van der Waals surface area contributed by atoms with Gasteiger partial charge in [0.2, 0.25) is 0 Å². The first-order valence-corrected chi connectivity index (χ1v) is 10.6. The lowest BCUT2D eigenvalue weighted by Gasteiger charge is -2.51. The zero-order valence-corrected chi connectivity index (χ0v) is 16.5. The number of rotatable bonds is 6. The fourth-order valence-electron chi connectivity index (χ4n) is 4.67. The summed E-state index contributed by atoms with van der Waals surface area (Å²) in [6.07, 6.45) is 4.90. The molecule has 0 bridgehead atoms. The van der Waals surface area contributed by atoms with Crippen molar-refractivity contribution in [1.29, 1.82) is 0 Å². The Bertz CT molecular complexity index is 578. The molecule has 0 radical (unpaired) electrons.